The third-order valence-corrected chi connectivity index (χ3v) is 6.43. The van der Waals surface area contributed by atoms with E-state index < -0.39 is 11.9 Å². The first-order chi connectivity index (χ1) is 15.1. The Kier molecular flexibility index (Phi) is 6.82. The summed E-state index contributed by atoms with van der Waals surface area (Å²) in [7, 11) is 0. The molecule has 1 aliphatic carbocycles. The van der Waals surface area contributed by atoms with E-state index in [-0.39, 0.29) is 24.3 Å². The number of rotatable bonds is 7. The maximum atomic E-state index is 13.6. The molecule has 0 spiro atoms. The lowest BCUT2D eigenvalue weighted by molar-refractivity contribution is -0.127. The van der Waals surface area contributed by atoms with Crippen molar-refractivity contribution in [1.82, 2.24) is 5.32 Å². The van der Waals surface area contributed by atoms with Crippen molar-refractivity contribution in [2.45, 2.75) is 50.6 Å². The van der Waals surface area contributed by atoms with Crippen molar-refractivity contribution >= 4 is 28.8 Å². The van der Waals surface area contributed by atoms with Crippen LogP contribution in [0.25, 0.3) is 0 Å². The summed E-state index contributed by atoms with van der Waals surface area (Å²) in [6, 6.07) is 11.9. The van der Waals surface area contributed by atoms with Gasteiger partial charge in [-0.2, -0.15) is 0 Å². The standard InChI is InChI=1S/C24H25FN2O3S/c25-17-10-12-19(13-11-17)27(22(28)16-20-8-5-15-31-20)23(21-9-4-14-30-21)24(29)26-18-6-2-1-3-7-18/h4-5,8-15,18,23H,1-3,6-7,16H2,(H,26,29)/t23-/m1/s1. The number of halogens is 1. The van der Waals surface area contributed by atoms with Gasteiger partial charge in [0.15, 0.2) is 6.04 Å². The predicted molar refractivity (Wildman–Crippen MR) is 118 cm³/mol. The van der Waals surface area contributed by atoms with Crippen LogP contribution in [0.1, 0.15) is 48.8 Å². The molecule has 7 heteroatoms. The first kappa shape index (κ1) is 21.3. The smallest absolute Gasteiger partial charge is 0.251 e. The average molecular weight is 441 g/mol. The fourth-order valence-corrected chi connectivity index (χ4v) is 4.73. The van der Waals surface area contributed by atoms with Crippen LogP contribution in [0.3, 0.4) is 0 Å². The van der Waals surface area contributed by atoms with E-state index >= 15 is 0 Å². The zero-order valence-corrected chi connectivity index (χ0v) is 17.9. The number of anilines is 1. The second kappa shape index (κ2) is 9.92. The molecule has 162 valence electrons. The summed E-state index contributed by atoms with van der Waals surface area (Å²) >= 11 is 1.48. The molecule has 0 saturated heterocycles. The number of amides is 2. The van der Waals surface area contributed by atoms with Gasteiger partial charge < -0.3 is 9.73 Å². The maximum absolute atomic E-state index is 13.6. The molecular formula is C24H25FN2O3S. The highest BCUT2D eigenvalue weighted by Crippen LogP contribution is 2.30. The summed E-state index contributed by atoms with van der Waals surface area (Å²) in [6.45, 7) is 0. The first-order valence-electron chi connectivity index (χ1n) is 10.6. The second-order valence-electron chi connectivity index (χ2n) is 7.76. The first-order valence-corrected chi connectivity index (χ1v) is 11.4. The minimum absolute atomic E-state index is 0.0844. The molecule has 0 bridgehead atoms. The minimum Gasteiger partial charge on any atom is -0.467 e. The topological polar surface area (TPSA) is 62.6 Å². The number of hydrogen-bond donors (Lipinski definition) is 1. The molecule has 2 heterocycles. The molecule has 5 nitrogen and oxygen atoms in total. The van der Waals surface area contributed by atoms with Gasteiger partial charge in [0.1, 0.15) is 11.6 Å². The summed E-state index contributed by atoms with van der Waals surface area (Å²) in [5.74, 6) is -0.576. The summed E-state index contributed by atoms with van der Waals surface area (Å²) in [5.41, 5.74) is 0.447. The van der Waals surface area contributed by atoms with E-state index in [9.17, 15) is 14.0 Å². The Morgan fingerprint density at radius 2 is 1.87 bits per heavy atom. The fourth-order valence-electron chi connectivity index (χ4n) is 4.03. The fraction of sp³-hybridized carbons (Fsp3) is 0.333. The molecule has 0 unspecified atom stereocenters. The van der Waals surface area contributed by atoms with Crippen LogP contribution < -0.4 is 10.2 Å². The third kappa shape index (κ3) is 5.22. The van der Waals surface area contributed by atoms with Crippen LogP contribution in [0, 0.1) is 5.82 Å². The molecule has 1 aliphatic rings. The number of furan rings is 1. The van der Waals surface area contributed by atoms with E-state index in [1.54, 1.807) is 12.1 Å². The Morgan fingerprint density at radius 3 is 2.52 bits per heavy atom. The predicted octanol–water partition coefficient (Wildman–Crippen LogP) is 5.25. The van der Waals surface area contributed by atoms with Gasteiger partial charge in [-0.1, -0.05) is 25.3 Å². The summed E-state index contributed by atoms with van der Waals surface area (Å²) in [4.78, 5) is 29.2. The summed E-state index contributed by atoms with van der Waals surface area (Å²) in [5, 5.41) is 5.03. The van der Waals surface area contributed by atoms with Gasteiger partial charge in [0.2, 0.25) is 5.91 Å². The third-order valence-electron chi connectivity index (χ3n) is 5.55. The molecule has 2 aromatic heterocycles. The van der Waals surface area contributed by atoms with E-state index in [2.05, 4.69) is 5.32 Å². The van der Waals surface area contributed by atoms with E-state index in [0.29, 0.717) is 11.4 Å². The number of thiophene rings is 1. The van der Waals surface area contributed by atoms with Gasteiger partial charge in [0.05, 0.1) is 12.7 Å². The van der Waals surface area contributed by atoms with Crippen molar-refractivity contribution in [1.29, 1.82) is 0 Å². The zero-order chi connectivity index (χ0) is 21.6. The highest BCUT2D eigenvalue weighted by Gasteiger charge is 2.36. The number of nitrogens with zero attached hydrogens (tertiary/aromatic N) is 1. The molecule has 31 heavy (non-hydrogen) atoms. The molecular weight excluding hydrogens is 415 g/mol. The van der Waals surface area contributed by atoms with Crippen molar-refractivity contribution in [3.63, 3.8) is 0 Å². The Labute approximate surface area is 184 Å². The molecule has 1 saturated carbocycles. The van der Waals surface area contributed by atoms with E-state index in [1.807, 2.05) is 17.5 Å². The number of carbonyl (C=O) groups is 2. The second-order valence-corrected chi connectivity index (χ2v) is 8.79. The lowest BCUT2D eigenvalue weighted by Crippen LogP contribution is -2.47. The molecule has 0 radical (unpaired) electrons. The van der Waals surface area contributed by atoms with Crippen LogP contribution in [-0.2, 0) is 16.0 Å². The SMILES string of the molecule is O=C(NC1CCCCC1)[C@@H](c1ccco1)N(C(=O)Cc1cccs1)c1ccc(F)cc1. The Hall–Kier alpha value is -2.93. The quantitative estimate of drug-likeness (QED) is 0.546. The summed E-state index contributed by atoms with van der Waals surface area (Å²) in [6.07, 6.45) is 6.82. The van der Waals surface area contributed by atoms with Crippen LogP contribution >= 0.6 is 11.3 Å². The van der Waals surface area contributed by atoms with Crippen LogP contribution in [-0.4, -0.2) is 17.9 Å². The van der Waals surface area contributed by atoms with Crippen LogP contribution in [0.15, 0.2) is 64.6 Å². The van der Waals surface area contributed by atoms with Gasteiger partial charge in [0, 0.05) is 16.6 Å². The largest absolute Gasteiger partial charge is 0.467 e. The van der Waals surface area contributed by atoms with Crippen LogP contribution in [0.5, 0.6) is 0 Å². The molecule has 1 fully saturated rings. The zero-order valence-electron chi connectivity index (χ0n) is 17.1. The van der Waals surface area contributed by atoms with Gasteiger partial charge in [-0.15, -0.1) is 11.3 Å². The Bertz CT molecular complexity index is 981. The average Bonchev–Trinajstić information content (AvgIpc) is 3.48. The van der Waals surface area contributed by atoms with E-state index in [0.717, 1.165) is 30.6 Å². The molecule has 3 aromatic rings. The normalized spacial score (nSPS) is 15.4. The highest BCUT2D eigenvalue weighted by atomic mass is 32.1. The van der Waals surface area contributed by atoms with Gasteiger partial charge in [-0.3, -0.25) is 14.5 Å². The van der Waals surface area contributed by atoms with Crippen molar-refractivity contribution < 1.29 is 18.4 Å². The molecule has 1 aromatic carbocycles. The van der Waals surface area contributed by atoms with E-state index in [1.165, 1.54) is 53.2 Å². The van der Waals surface area contributed by atoms with E-state index in [4.69, 9.17) is 4.42 Å². The summed E-state index contributed by atoms with van der Waals surface area (Å²) < 4.78 is 19.2. The van der Waals surface area contributed by atoms with Gasteiger partial charge in [-0.25, -0.2) is 4.39 Å². The lowest BCUT2D eigenvalue weighted by Gasteiger charge is -2.32. The number of carbonyl (C=O) groups excluding carboxylic acids is 2. The minimum atomic E-state index is -0.977. The highest BCUT2D eigenvalue weighted by molar-refractivity contribution is 7.10. The Balaban J connectivity index is 1.69. The van der Waals surface area contributed by atoms with Gasteiger partial charge >= 0.3 is 0 Å². The monoisotopic (exact) mass is 440 g/mol. The molecule has 1 atom stereocenters. The lowest BCUT2D eigenvalue weighted by atomic mass is 9.95. The maximum Gasteiger partial charge on any atom is 0.251 e. The molecule has 1 N–H and O–H groups in total. The van der Waals surface area contributed by atoms with Crippen molar-refractivity contribution in [2.24, 2.45) is 0 Å². The van der Waals surface area contributed by atoms with Gasteiger partial charge in [0.25, 0.3) is 5.91 Å². The number of hydrogen-bond acceptors (Lipinski definition) is 4. The van der Waals surface area contributed by atoms with Crippen molar-refractivity contribution in [3.05, 3.63) is 76.6 Å². The molecule has 2 amide bonds. The van der Waals surface area contributed by atoms with Crippen LogP contribution in [0.2, 0.25) is 0 Å². The molecule has 4 rings (SSSR count). The van der Waals surface area contributed by atoms with Crippen LogP contribution in [0.4, 0.5) is 10.1 Å². The molecule has 0 aliphatic heterocycles. The van der Waals surface area contributed by atoms with Gasteiger partial charge in [-0.05, 0) is 60.7 Å². The van der Waals surface area contributed by atoms with Crippen molar-refractivity contribution in [2.75, 3.05) is 4.90 Å². The number of nitrogens with one attached hydrogen (secondary N) is 1. The van der Waals surface area contributed by atoms with Crippen molar-refractivity contribution in [3.8, 4) is 0 Å². The Morgan fingerprint density at radius 1 is 1.10 bits per heavy atom. The number of benzene rings is 1.